The van der Waals surface area contributed by atoms with Gasteiger partial charge in [0.15, 0.2) is 0 Å². The highest BCUT2D eigenvalue weighted by atomic mass is 16.3. The van der Waals surface area contributed by atoms with E-state index >= 15 is 0 Å². The maximum absolute atomic E-state index is 10.3. The van der Waals surface area contributed by atoms with E-state index in [4.69, 9.17) is 5.73 Å². The number of rotatable bonds is 5. The van der Waals surface area contributed by atoms with E-state index in [1.165, 1.54) is 5.56 Å². The molecule has 0 spiro atoms. The van der Waals surface area contributed by atoms with E-state index in [9.17, 15) is 5.11 Å². The van der Waals surface area contributed by atoms with E-state index in [0.717, 1.165) is 17.5 Å². The predicted molar refractivity (Wildman–Crippen MR) is 67.4 cm³/mol. The minimum absolute atomic E-state index is 0.0190. The molecule has 1 rings (SSSR count). The Morgan fingerprint density at radius 3 is 2.62 bits per heavy atom. The number of nitrogens with one attached hydrogen (secondary N) is 1. The van der Waals surface area contributed by atoms with Crippen molar-refractivity contribution >= 4 is 0 Å². The highest BCUT2D eigenvalue weighted by molar-refractivity contribution is 5.35. The zero-order valence-electron chi connectivity index (χ0n) is 10.3. The monoisotopic (exact) mass is 222 g/mol. The van der Waals surface area contributed by atoms with Gasteiger partial charge in [0.1, 0.15) is 0 Å². The number of nitrogens with two attached hydrogens (primary N) is 1. The molecule has 0 heterocycles. The van der Waals surface area contributed by atoms with E-state index in [1.54, 1.807) is 0 Å². The molecule has 2 atom stereocenters. The van der Waals surface area contributed by atoms with Gasteiger partial charge in [0.05, 0.1) is 6.10 Å². The van der Waals surface area contributed by atoms with Crippen molar-refractivity contribution in [2.24, 2.45) is 5.73 Å². The summed E-state index contributed by atoms with van der Waals surface area (Å²) in [7, 11) is 1.86. The lowest BCUT2D eigenvalue weighted by Gasteiger charge is -2.24. The number of benzene rings is 1. The van der Waals surface area contributed by atoms with Crippen LogP contribution in [0.4, 0.5) is 0 Å². The summed E-state index contributed by atoms with van der Waals surface area (Å²) < 4.78 is 0. The highest BCUT2D eigenvalue weighted by Crippen LogP contribution is 2.23. The van der Waals surface area contributed by atoms with Gasteiger partial charge in [-0.3, -0.25) is 0 Å². The average Bonchev–Trinajstić information content (AvgIpc) is 2.29. The Bertz CT molecular complexity index is 339. The van der Waals surface area contributed by atoms with Gasteiger partial charge in [-0.25, -0.2) is 0 Å². The first-order valence-electron chi connectivity index (χ1n) is 5.73. The minimum Gasteiger partial charge on any atom is -0.387 e. The molecule has 0 radical (unpaired) electrons. The summed E-state index contributed by atoms with van der Waals surface area (Å²) in [6.07, 6.45) is 0.277. The summed E-state index contributed by atoms with van der Waals surface area (Å²) in [5.41, 5.74) is 8.90. The third-order valence-electron chi connectivity index (χ3n) is 3.19. The van der Waals surface area contributed by atoms with Gasteiger partial charge in [-0.05, 0) is 50.6 Å². The van der Waals surface area contributed by atoms with Crippen molar-refractivity contribution in [1.82, 2.24) is 5.32 Å². The summed E-state index contributed by atoms with van der Waals surface area (Å²) in [6.45, 7) is 4.68. The van der Waals surface area contributed by atoms with Gasteiger partial charge < -0.3 is 16.2 Å². The van der Waals surface area contributed by atoms with Crippen LogP contribution in [0.15, 0.2) is 18.2 Å². The number of aryl methyl sites for hydroxylation is 1. The van der Waals surface area contributed by atoms with Crippen molar-refractivity contribution in [3.63, 3.8) is 0 Å². The minimum atomic E-state index is -0.492. The molecule has 0 amide bonds. The third-order valence-corrected chi connectivity index (χ3v) is 3.19. The lowest BCUT2D eigenvalue weighted by Crippen LogP contribution is -2.34. The maximum atomic E-state index is 10.3. The van der Waals surface area contributed by atoms with Crippen molar-refractivity contribution in [3.05, 3.63) is 34.9 Å². The third kappa shape index (κ3) is 2.82. The van der Waals surface area contributed by atoms with Crippen LogP contribution in [0.25, 0.3) is 0 Å². The quantitative estimate of drug-likeness (QED) is 0.703. The SMILES string of the molecule is CNC(CCN)C(O)c1cccc(C)c1C. The Morgan fingerprint density at radius 2 is 2.06 bits per heavy atom. The molecule has 3 nitrogen and oxygen atoms in total. The summed E-state index contributed by atoms with van der Waals surface area (Å²) in [6, 6.07) is 6.04. The number of aliphatic hydroxyl groups is 1. The Morgan fingerprint density at radius 1 is 1.38 bits per heavy atom. The van der Waals surface area contributed by atoms with Crippen LogP contribution in [0.2, 0.25) is 0 Å². The fourth-order valence-corrected chi connectivity index (χ4v) is 1.95. The lowest BCUT2D eigenvalue weighted by atomic mass is 9.94. The molecule has 0 aliphatic heterocycles. The van der Waals surface area contributed by atoms with Crippen LogP contribution in [0.5, 0.6) is 0 Å². The Hall–Kier alpha value is -0.900. The van der Waals surface area contributed by atoms with Gasteiger partial charge in [0.2, 0.25) is 0 Å². The largest absolute Gasteiger partial charge is 0.387 e. The Labute approximate surface area is 97.7 Å². The molecule has 16 heavy (non-hydrogen) atoms. The molecule has 0 aliphatic carbocycles. The first kappa shape index (κ1) is 13.2. The van der Waals surface area contributed by atoms with E-state index < -0.39 is 6.10 Å². The summed E-state index contributed by atoms with van der Waals surface area (Å²) in [4.78, 5) is 0. The van der Waals surface area contributed by atoms with Gasteiger partial charge in [0, 0.05) is 6.04 Å². The zero-order valence-corrected chi connectivity index (χ0v) is 10.3. The second-order valence-corrected chi connectivity index (χ2v) is 4.21. The fourth-order valence-electron chi connectivity index (χ4n) is 1.95. The predicted octanol–water partition coefficient (Wildman–Crippen LogP) is 1.27. The first-order chi connectivity index (χ1) is 7.61. The van der Waals surface area contributed by atoms with E-state index in [2.05, 4.69) is 18.3 Å². The number of hydrogen-bond donors (Lipinski definition) is 3. The molecule has 1 aromatic carbocycles. The number of likely N-dealkylation sites (N-methyl/N-ethyl adjacent to an activating group) is 1. The molecule has 1 aromatic rings. The highest BCUT2D eigenvalue weighted by Gasteiger charge is 2.20. The number of aliphatic hydroxyl groups excluding tert-OH is 1. The van der Waals surface area contributed by atoms with Gasteiger partial charge in [-0.15, -0.1) is 0 Å². The fraction of sp³-hybridized carbons (Fsp3) is 0.538. The molecule has 0 aromatic heterocycles. The first-order valence-corrected chi connectivity index (χ1v) is 5.73. The van der Waals surface area contributed by atoms with Crippen LogP contribution in [-0.4, -0.2) is 24.7 Å². The van der Waals surface area contributed by atoms with Gasteiger partial charge >= 0.3 is 0 Å². The molecule has 2 unspecified atom stereocenters. The van der Waals surface area contributed by atoms with Crippen LogP contribution < -0.4 is 11.1 Å². The lowest BCUT2D eigenvalue weighted by molar-refractivity contribution is 0.128. The number of hydrogen-bond acceptors (Lipinski definition) is 3. The second-order valence-electron chi connectivity index (χ2n) is 4.21. The molecular formula is C13H22N2O. The zero-order chi connectivity index (χ0) is 12.1. The van der Waals surface area contributed by atoms with Crippen LogP contribution >= 0.6 is 0 Å². The molecule has 0 aliphatic rings. The molecule has 3 heteroatoms. The van der Waals surface area contributed by atoms with Crippen molar-refractivity contribution in [2.75, 3.05) is 13.6 Å². The molecule has 0 bridgehead atoms. The van der Waals surface area contributed by atoms with Gasteiger partial charge in [0.25, 0.3) is 0 Å². The van der Waals surface area contributed by atoms with Crippen molar-refractivity contribution in [2.45, 2.75) is 32.4 Å². The van der Waals surface area contributed by atoms with Crippen LogP contribution in [0, 0.1) is 13.8 Å². The van der Waals surface area contributed by atoms with Crippen molar-refractivity contribution < 1.29 is 5.11 Å². The molecular weight excluding hydrogens is 200 g/mol. The van der Waals surface area contributed by atoms with Crippen molar-refractivity contribution in [3.8, 4) is 0 Å². The second kappa shape index (κ2) is 5.99. The van der Waals surface area contributed by atoms with Gasteiger partial charge in [-0.2, -0.15) is 0 Å². The average molecular weight is 222 g/mol. The van der Waals surface area contributed by atoms with Crippen LogP contribution in [0.1, 0.15) is 29.2 Å². The van der Waals surface area contributed by atoms with Crippen molar-refractivity contribution in [1.29, 1.82) is 0 Å². The maximum Gasteiger partial charge on any atom is 0.0945 e. The molecule has 0 saturated carbocycles. The normalized spacial score (nSPS) is 14.8. The molecule has 4 N–H and O–H groups in total. The Kier molecular flexibility index (Phi) is 4.93. The van der Waals surface area contributed by atoms with Gasteiger partial charge in [-0.1, -0.05) is 18.2 Å². The summed E-state index contributed by atoms with van der Waals surface area (Å²) in [5, 5.41) is 13.4. The van der Waals surface area contributed by atoms with E-state index in [0.29, 0.717) is 6.54 Å². The standard InChI is InChI=1S/C13H22N2O/c1-9-5-4-6-11(10(9)2)13(16)12(15-3)7-8-14/h4-6,12-13,15-16H,7-8,14H2,1-3H3. The van der Waals surface area contributed by atoms with E-state index in [1.807, 2.05) is 26.1 Å². The molecule has 90 valence electrons. The topological polar surface area (TPSA) is 58.3 Å². The summed E-state index contributed by atoms with van der Waals surface area (Å²) >= 11 is 0. The van der Waals surface area contributed by atoms with Crippen LogP contribution in [0.3, 0.4) is 0 Å². The smallest absolute Gasteiger partial charge is 0.0945 e. The molecule has 0 fully saturated rings. The summed E-state index contributed by atoms with van der Waals surface area (Å²) in [5.74, 6) is 0. The molecule has 0 saturated heterocycles. The van der Waals surface area contributed by atoms with Crippen LogP contribution in [-0.2, 0) is 0 Å². The Balaban J connectivity index is 2.94. The van der Waals surface area contributed by atoms with E-state index in [-0.39, 0.29) is 6.04 Å².